The monoisotopic (exact) mass is 267 g/mol. The zero-order valence-corrected chi connectivity index (χ0v) is 11.6. The number of carbonyl (C=O) groups is 1. The van der Waals surface area contributed by atoms with Crippen molar-refractivity contribution in [1.82, 2.24) is 0 Å². The number of methoxy groups -OCH3 is 2. The number of hydrogen-bond donors (Lipinski definition) is 2. The van der Waals surface area contributed by atoms with Gasteiger partial charge in [0.05, 0.1) is 14.2 Å². The highest BCUT2D eigenvalue weighted by molar-refractivity contribution is 5.77. The van der Waals surface area contributed by atoms with Gasteiger partial charge in [-0.3, -0.25) is 0 Å². The van der Waals surface area contributed by atoms with E-state index in [0.29, 0.717) is 23.6 Å². The molecule has 2 N–H and O–H groups in total. The molecule has 106 valence electrons. The Bertz CT molecular complexity index is 398. The molecule has 1 aromatic carbocycles. The molecule has 0 amide bonds. The average Bonchev–Trinajstić information content (AvgIpc) is 2.42. The molecule has 0 saturated heterocycles. The molecule has 0 heterocycles. The predicted octanol–water partition coefficient (Wildman–Crippen LogP) is 2.76. The zero-order chi connectivity index (χ0) is 14.3. The van der Waals surface area contributed by atoms with E-state index in [1.807, 2.05) is 6.92 Å². The minimum atomic E-state index is -0.852. The quantitative estimate of drug-likeness (QED) is 0.758. The first-order chi connectivity index (χ1) is 9.10. The molecule has 0 spiro atoms. The second-order valence-electron chi connectivity index (χ2n) is 4.28. The maximum Gasteiger partial charge on any atom is 0.326 e. The van der Waals surface area contributed by atoms with E-state index >= 15 is 0 Å². The third-order valence-electron chi connectivity index (χ3n) is 2.84. The fourth-order valence-electron chi connectivity index (χ4n) is 1.76. The van der Waals surface area contributed by atoms with Gasteiger partial charge in [0.15, 0.2) is 0 Å². The lowest BCUT2D eigenvalue weighted by Gasteiger charge is -2.16. The van der Waals surface area contributed by atoms with Crippen molar-refractivity contribution in [2.24, 2.45) is 0 Å². The molecule has 5 heteroatoms. The zero-order valence-electron chi connectivity index (χ0n) is 11.6. The molecule has 1 unspecified atom stereocenters. The first kappa shape index (κ1) is 15.1. The summed E-state index contributed by atoms with van der Waals surface area (Å²) in [4.78, 5) is 11.2. The number of ether oxygens (including phenoxy) is 2. The first-order valence-corrected chi connectivity index (χ1v) is 6.33. The van der Waals surface area contributed by atoms with Gasteiger partial charge in [0, 0.05) is 23.9 Å². The Morgan fingerprint density at radius 3 is 2.26 bits per heavy atom. The Hall–Kier alpha value is -1.91. The maximum absolute atomic E-state index is 11.2. The molecule has 1 atom stereocenters. The predicted molar refractivity (Wildman–Crippen MR) is 74.1 cm³/mol. The first-order valence-electron chi connectivity index (χ1n) is 6.33. The van der Waals surface area contributed by atoms with Gasteiger partial charge < -0.3 is 19.9 Å². The molecule has 0 aromatic heterocycles. The lowest BCUT2D eigenvalue weighted by molar-refractivity contribution is -0.138. The van der Waals surface area contributed by atoms with Crippen molar-refractivity contribution in [3.63, 3.8) is 0 Å². The summed E-state index contributed by atoms with van der Waals surface area (Å²) in [6.45, 7) is 2.04. The fourth-order valence-corrected chi connectivity index (χ4v) is 1.76. The molecule has 0 bridgehead atoms. The SMILES string of the molecule is CCCCC(Nc1cc(OC)cc(OC)c1)C(=O)O. The van der Waals surface area contributed by atoms with Crippen LogP contribution in [0.2, 0.25) is 0 Å². The third kappa shape index (κ3) is 4.69. The van der Waals surface area contributed by atoms with Crippen LogP contribution in [-0.4, -0.2) is 31.3 Å². The van der Waals surface area contributed by atoms with E-state index in [4.69, 9.17) is 9.47 Å². The lowest BCUT2D eigenvalue weighted by Crippen LogP contribution is -2.29. The molecule has 0 saturated carbocycles. The molecule has 1 aromatic rings. The van der Waals surface area contributed by atoms with Crippen LogP contribution in [0.5, 0.6) is 11.5 Å². The van der Waals surface area contributed by atoms with Gasteiger partial charge in [-0.1, -0.05) is 19.8 Å². The molecule has 0 aliphatic heterocycles. The van der Waals surface area contributed by atoms with Crippen LogP contribution >= 0.6 is 0 Å². The average molecular weight is 267 g/mol. The molecule has 0 aliphatic rings. The second-order valence-corrected chi connectivity index (χ2v) is 4.28. The summed E-state index contributed by atoms with van der Waals surface area (Å²) in [5.41, 5.74) is 0.680. The van der Waals surface area contributed by atoms with Crippen LogP contribution in [0.1, 0.15) is 26.2 Å². The third-order valence-corrected chi connectivity index (χ3v) is 2.84. The van der Waals surface area contributed by atoms with Crippen LogP contribution in [0.3, 0.4) is 0 Å². The molecule has 0 radical (unpaired) electrons. The van der Waals surface area contributed by atoms with Crippen molar-refractivity contribution in [3.8, 4) is 11.5 Å². The molecule has 5 nitrogen and oxygen atoms in total. The van der Waals surface area contributed by atoms with Gasteiger partial charge in [0.1, 0.15) is 17.5 Å². The maximum atomic E-state index is 11.2. The Morgan fingerprint density at radius 2 is 1.84 bits per heavy atom. The van der Waals surface area contributed by atoms with E-state index < -0.39 is 12.0 Å². The van der Waals surface area contributed by atoms with E-state index in [0.717, 1.165) is 12.8 Å². The smallest absolute Gasteiger partial charge is 0.326 e. The topological polar surface area (TPSA) is 67.8 Å². The van der Waals surface area contributed by atoms with E-state index in [9.17, 15) is 9.90 Å². The van der Waals surface area contributed by atoms with Gasteiger partial charge in [-0.15, -0.1) is 0 Å². The van der Waals surface area contributed by atoms with Crippen molar-refractivity contribution in [1.29, 1.82) is 0 Å². The van der Waals surface area contributed by atoms with Gasteiger partial charge in [-0.05, 0) is 6.42 Å². The summed E-state index contributed by atoms with van der Waals surface area (Å²) in [6, 6.07) is 4.65. The molecular weight excluding hydrogens is 246 g/mol. The van der Waals surface area contributed by atoms with Crippen LogP contribution in [-0.2, 0) is 4.79 Å². The van der Waals surface area contributed by atoms with Crippen LogP contribution in [0.4, 0.5) is 5.69 Å². The highest BCUT2D eigenvalue weighted by Gasteiger charge is 2.17. The minimum absolute atomic E-state index is 0.589. The van der Waals surface area contributed by atoms with Gasteiger partial charge >= 0.3 is 5.97 Å². The van der Waals surface area contributed by atoms with Gasteiger partial charge in [0.2, 0.25) is 0 Å². The number of carboxylic acid groups (broad SMARTS) is 1. The number of unbranched alkanes of at least 4 members (excludes halogenated alkanes) is 1. The number of benzene rings is 1. The Kier molecular flexibility index (Phi) is 5.99. The summed E-state index contributed by atoms with van der Waals surface area (Å²) < 4.78 is 10.3. The Labute approximate surface area is 113 Å². The Morgan fingerprint density at radius 1 is 1.26 bits per heavy atom. The van der Waals surface area contributed by atoms with E-state index in [-0.39, 0.29) is 0 Å². The van der Waals surface area contributed by atoms with Crippen molar-refractivity contribution in [2.75, 3.05) is 19.5 Å². The number of hydrogen-bond acceptors (Lipinski definition) is 4. The summed E-state index contributed by atoms with van der Waals surface area (Å²) in [6.07, 6.45) is 2.42. The normalized spacial score (nSPS) is 11.7. The number of aliphatic carboxylic acids is 1. The fraction of sp³-hybridized carbons (Fsp3) is 0.500. The van der Waals surface area contributed by atoms with E-state index in [2.05, 4.69) is 5.32 Å². The van der Waals surface area contributed by atoms with Gasteiger partial charge in [-0.25, -0.2) is 4.79 Å². The van der Waals surface area contributed by atoms with Crippen LogP contribution in [0.25, 0.3) is 0 Å². The minimum Gasteiger partial charge on any atom is -0.497 e. The summed E-state index contributed by atoms with van der Waals surface area (Å²) in [7, 11) is 3.12. The number of carboxylic acids is 1. The number of anilines is 1. The summed E-state index contributed by atoms with van der Waals surface area (Å²) >= 11 is 0. The van der Waals surface area contributed by atoms with Crippen molar-refractivity contribution < 1.29 is 19.4 Å². The standard InChI is InChI=1S/C14H21NO4/c1-4-5-6-13(14(16)17)15-10-7-11(18-2)9-12(8-10)19-3/h7-9,13,15H,4-6H2,1-3H3,(H,16,17). The number of nitrogens with one attached hydrogen (secondary N) is 1. The largest absolute Gasteiger partial charge is 0.497 e. The molecule has 19 heavy (non-hydrogen) atoms. The van der Waals surface area contributed by atoms with E-state index in [1.54, 1.807) is 32.4 Å². The lowest BCUT2D eigenvalue weighted by atomic mass is 10.1. The molecule has 1 rings (SSSR count). The van der Waals surface area contributed by atoms with Crippen LogP contribution < -0.4 is 14.8 Å². The van der Waals surface area contributed by atoms with Gasteiger partial charge in [0.25, 0.3) is 0 Å². The Balaban J connectivity index is 2.85. The van der Waals surface area contributed by atoms with Crippen molar-refractivity contribution >= 4 is 11.7 Å². The highest BCUT2D eigenvalue weighted by Crippen LogP contribution is 2.26. The van der Waals surface area contributed by atoms with Crippen molar-refractivity contribution in [3.05, 3.63) is 18.2 Å². The molecule has 0 aliphatic carbocycles. The summed E-state index contributed by atoms with van der Waals surface area (Å²) in [5.74, 6) is 0.401. The van der Waals surface area contributed by atoms with Crippen LogP contribution in [0.15, 0.2) is 18.2 Å². The van der Waals surface area contributed by atoms with Crippen LogP contribution in [0, 0.1) is 0 Å². The highest BCUT2D eigenvalue weighted by atomic mass is 16.5. The summed E-state index contributed by atoms with van der Waals surface area (Å²) in [5, 5.41) is 12.2. The molecule has 0 fully saturated rings. The van der Waals surface area contributed by atoms with Crippen molar-refractivity contribution in [2.45, 2.75) is 32.2 Å². The number of rotatable bonds is 8. The van der Waals surface area contributed by atoms with Gasteiger partial charge in [-0.2, -0.15) is 0 Å². The van der Waals surface area contributed by atoms with E-state index in [1.165, 1.54) is 0 Å². The molecular formula is C14H21NO4. The second kappa shape index (κ2) is 7.51.